The lowest BCUT2D eigenvalue weighted by Gasteiger charge is -2.35. The zero-order valence-electron chi connectivity index (χ0n) is 16.5. The molecule has 0 saturated carbocycles. The first kappa shape index (κ1) is 20.1. The highest BCUT2D eigenvalue weighted by Crippen LogP contribution is 2.29. The smallest absolute Gasteiger partial charge is 0.261 e. The summed E-state index contributed by atoms with van der Waals surface area (Å²) in [5.41, 5.74) is 1.63. The summed E-state index contributed by atoms with van der Waals surface area (Å²) in [6.45, 7) is 4.00. The number of benzene rings is 2. The Morgan fingerprint density at radius 3 is 2.14 bits per heavy atom. The molecule has 150 valence electrons. The van der Waals surface area contributed by atoms with E-state index in [9.17, 15) is 9.18 Å². The Balaban J connectivity index is 1.51. The zero-order valence-corrected chi connectivity index (χ0v) is 16.5. The van der Waals surface area contributed by atoms with Gasteiger partial charge in [-0.05, 0) is 49.2 Å². The Labute approximate surface area is 165 Å². The number of methoxy groups -OCH3 is 2. The van der Waals surface area contributed by atoms with Crippen molar-refractivity contribution in [3.8, 4) is 11.5 Å². The molecule has 1 amide bonds. The van der Waals surface area contributed by atoms with Gasteiger partial charge in [-0.2, -0.15) is 0 Å². The van der Waals surface area contributed by atoms with Crippen molar-refractivity contribution in [2.24, 2.45) is 0 Å². The van der Waals surface area contributed by atoms with Crippen molar-refractivity contribution in [2.45, 2.75) is 12.8 Å². The van der Waals surface area contributed by atoms with E-state index in [0.29, 0.717) is 30.2 Å². The van der Waals surface area contributed by atoms with Crippen LogP contribution < -0.4 is 9.47 Å². The van der Waals surface area contributed by atoms with E-state index in [2.05, 4.69) is 4.90 Å². The third-order valence-corrected chi connectivity index (χ3v) is 5.15. The molecular weight excluding hydrogens is 359 g/mol. The van der Waals surface area contributed by atoms with Gasteiger partial charge in [0, 0.05) is 26.2 Å². The van der Waals surface area contributed by atoms with Gasteiger partial charge in [-0.1, -0.05) is 18.2 Å². The number of nitrogens with zero attached hydrogens (tertiary/aromatic N) is 2. The maximum atomic E-state index is 13.0. The number of halogens is 1. The fraction of sp³-hybridized carbons (Fsp3) is 0.409. The number of rotatable bonds is 7. The molecule has 1 heterocycles. The standard InChI is InChI=1S/C22H27FN2O3/c1-27-19-6-3-7-20(28-2)21(19)22(26)25-15-13-24(14-16-25)12-4-5-17-8-10-18(23)11-9-17/h3,6-11H,4-5,12-16H2,1-2H3. The molecule has 1 fully saturated rings. The van der Waals surface area contributed by atoms with Crippen LogP contribution in [0.1, 0.15) is 22.3 Å². The summed E-state index contributed by atoms with van der Waals surface area (Å²) >= 11 is 0. The maximum absolute atomic E-state index is 13.0. The van der Waals surface area contributed by atoms with E-state index in [-0.39, 0.29) is 11.7 Å². The van der Waals surface area contributed by atoms with E-state index < -0.39 is 0 Å². The molecule has 0 atom stereocenters. The molecule has 6 heteroatoms. The SMILES string of the molecule is COc1cccc(OC)c1C(=O)N1CCN(CCCc2ccc(F)cc2)CC1. The highest BCUT2D eigenvalue weighted by Gasteiger charge is 2.26. The minimum Gasteiger partial charge on any atom is -0.496 e. The molecule has 2 aromatic rings. The third kappa shape index (κ3) is 4.81. The predicted molar refractivity (Wildman–Crippen MR) is 107 cm³/mol. The van der Waals surface area contributed by atoms with E-state index in [0.717, 1.165) is 38.0 Å². The summed E-state index contributed by atoms with van der Waals surface area (Å²) in [6, 6.07) is 12.1. The van der Waals surface area contributed by atoms with Gasteiger partial charge in [-0.15, -0.1) is 0 Å². The monoisotopic (exact) mass is 386 g/mol. The zero-order chi connectivity index (χ0) is 19.9. The van der Waals surface area contributed by atoms with E-state index >= 15 is 0 Å². The van der Waals surface area contributed by atoms with Gasteiger partial charge >= 0.3 is 0 Å². The second-order valence-corrected chi connectivity index (χ2v) is 6.90. The van der Waals surface area contributed by atoms with Gasteiger partial charge in [-0.25, -0.2) is 4.39 Å². The second kappa shape index (κ2) is 9.55. The number of carbonyl (C=O) groups is 1. The number of amides is 1. The lowest BCUT2D eigenvalue weighted by atomic mass is 10.1. The number of ether oxygens (including phenoxy) is 2. The molecule has 1 aliphatic rings. The first-order valence-corrected chi connectivity index (χ1v) is 9.59. The van der Waals surface area contributed by atoms with E-state index in [4.69, 9.17) is 9.47 Å². The summed E-state index contributed by atoms with van der Waals surface area (Å²) in [7, 11) is 3.12. The molecule has 1 saturated heterocycles. The molecule has 0 spiro atoms. The van der Waals surface area contributed by atoms with Crippen LogP contribution in [0.3, 0.4) is 0 Å². The fourth-order valence-corrected chi connectivity index (χ4v) is 3.55. The van der Waals surface area contributed by atoms with E-state index in [1.807, 2.05) is 23.1 Å². The van der Waals surface area contributed by atoms with Crippen molar-refractivity contribution in [1.29, 1.82) is 0 Å². The highest BCUT2D eigenvalue weighted by molar-refractivity contribution is 5.99. The number of carbonyl (C=O) groups excluding carboxylic acids is 1. The third-order valence-electron chi connectivity index (χ3n) is 5.15. The van der Waals surface area contributed by atoms with Gasteiger partial charge in [0.15, 0.2) is 0 Å². The summed E-state index contributed by atoms with van der Waals surface area (Å²) < 4.78 is 23.7. The normalized spacial score (nSPS) is 14.8. The summed E-state index contributed by atoms with van der Waals surface area (Å²) in [4.78, 5) is 17.2. The van der Waals surface area contributed by atoms with Gasteiger partial charge < -0.3 is 14.4 Å². The van der Waals surface area contributed by atoms with Crippen molar-refractivity contribution in [2.75, 3.05) is 46.9 Å². The molecule has 1 aliphatic heterocycles. The minimum atomic E-state index is -0.198. The van der Waals surface area contributed by atoms with Crippen LogP contribution in [0.4, 0.5) is 4.39 Å². The Bertz CT molecular complexity index is 765. The van der Waals surface area contributed by atoms with Crippen LogP contribution in [0.15, 0.2) is 42.5 Å². The summed E-state index contributed by atoms with van der Waals surface area (Å²) in [5.74, 6) is 0.814. The average Bonchev–Trinajstić information content (AvgIpc) is 2.74. The van der Waals surface area contributed by atoms with Crippen molar-refractivity contribution < 1.29 is 18.7 Å². The van der Waals surface area contributed by atoms with Crippen LogP contribution >= 0.6 is 0 Å². The van der Waals surface area contributed by atoms with Crippen molar-refractivity contribution in [3.05, 3.63) is 59.4 Å². The lowest BCUT2D eigenvalue weighted by molar-refractivity contribution is 0.0629. The molecule has 5 nitrogen and oxygen atoms in total. The Morgan fingerprint density at radius 1 is 0.964 bits per heavy atom. The number of hydrogen-bond acceptors (Lipinski definition) is 4. The first-order valence-electron chi connectivity index (χ1n) is 9.59. The molecule has 28 heavy (non-hydrogen) atoms. The number of piperazine rings is 1. The molecule has 2 aromatic carbocycles. The number of hydrogen-bond donors (Lipinski definition) is 0. The predicted octanol–water partition coefficient (Wildman–Crippen LogP) is 3.23. The molecule has 0 N–H and O–H groups in total. The lowest BCUT2D eigenvalue weighted by Crippen LogP contribution is -2.49. The molecule has 0 bridgehead atoms. The topological polar surface area (TPSA) is 42.0 Å². The van der Waals surface area contributed by atoms with Gasteiger partial charge in [-0.3, -0.25) is 9.69 Å². The van der Waals surface area contributed by atoms with Gasteiger partial charge in [0.2, 0.25) is 0 Å². The van der Waals surface area contributed by atoms with Crippen LogP contribution in [0.5, 0.6) is 11.5 Å². The van der Waals surface area contributed by atoms with Gasteiger partial charge in [0.25, 0.3) is 5.91 Å². The summed E-state index contributed by atoms with van der Waals surface area (Å²) in [5, 5.41) is 0. The van der Waals surface area contributed by atoms with Gasteiger partial charge in [0.05, 0.1) is 14.2 Å². The fourth-order valence-electron chi connectivity index (χ4n) is 3.55. The molecule has 0 radical (unpaired) electrons. The molecule has 0 aliphatic carbocycles. The Morgan fingerprint density at radius 2 is 1.57 bits per heavy atom. The molecular formula is C22H27FN2O3. The average molecular weight is 386 g/mol. The summed E-state index contributed by atoms with van der Waals surface area (Å²) in [6.07, 6.45) is 1.94. The van der Waals surface area contributed by atoms with E-state index in [1.165, 1.54) is 12.1 Å². The van der Waals surface area contributed by atoms with Crippen LogP contribution in [0.2, 0.25) is 0 Å². The maximum Gasteiger partial charge on any atom is 0.261 e. The highest BCUT2D eigenvalue weighted by atomic mass is 19.1. The van der Waals surface area contributed by atoms with Gasteiger partial charge in [0.1, 0.15) is 22.9 Å². The van der Waals surface area contributed by atoms with Crippen LogP contribution in [0, 0.1) is 5.82 Å². The number of aryl methyl sites for hydroxylation is 1. The Hall–Kier alpha value is -2.60. The molecule has 3 rings (SSSR count). The first-order chi connectivity index (χ1) is 13.6. The largest absolute Gasteiger partial charge is 0.496 e. The quantitative estimate of drug-likeness (QED) is 0.733. The van der Waals surface area contributed by atoms with Crippen molar-refractivity contribution in [3.63, 3.8) is 0 Å². The van der Waals surface area contributed by atoms with Crippen molar-refractivity contribution in [1.82, 2.24) is 9.80 Å². The van der Waals surface area contributed by atoms with E-state index in [1.54, 1.807) is 26.4 Å². The second-order valence-electron chi connectivity index (χ2n) is 6.90. The van der Waals surface area contributed by atoms with Crippen molar-refractivity contribution >= 4 is 5.91 Å². The van der Waals surface area contributed by atoms with Crippen LogP contribution in [-0.4, -0.2) is 62.7 Å². The molecule has 0 unspecified atom stereocenters. The molecule has 0 aromatic heterocycles. The van der Waals surface area contributed by atoms with Crippen LogP contribution in [0.25, 0.3) is 0 Å². The minimum absolute atomic E-state index is 0.0553. The van der Waals surface area contributed by atoms with Crippen LogP contribution in [-0.2, 0) is 6.42 Å². The Kier molecular flexibility index (Phi) is 6.87.